The maximum Gasteiger partial charge on any atom is 0.320 e. The number of hydrogen-bond donors (Lipinski definition) is 0. The molecule has 3 aliphatic rings. The molecule has 2 amide bonds. The number of carbonyl (C=O) groups is 1. The van der Waals surface area contributed by atoms with Crippen molar-refractivity contribution in [1.29, 1.82) is 0 Å². The quantitative estimate of drug-likeness (QED) is 0.835. The Bertz CT molecular complexity index is 543. The molecule has 0 aliphatic carbocycles. The molecule has 0 saturated carbocycles. The highest BCUT2D eigenvalue weighted by atomic mass is 16.5. The standard InChI is InChI=1S/C19H27N3O2/c23-19(21-11-3-1-2-4-12-21)22-15-5-6-16(22)14-18(13-15)24-17-7-9-20-10-8-17/h7-10,15-16,18H,1-6,11-14H2. The number of fused-ring (bicyclic) bond motifs is 2. The van der Waals surface area contributed by atoms with Crippen LogP contribution in [0.15, 0.2) is 24.5 Å². The van der Waals surface area contributed by atoms with Gasteiger partial charge in [-0.15, -0.1) is 0 Å². The van der Waals surface area contributed by atoms with Crippen LogP contribution in [0.25, 0.3) is 0 Å². The van der Waals surface area contributed by atoms with Crippen molar-refractivity contribution in [2.75, 3.05) is 13.1 Å². The molecule has 3 fully saturated rings. The molecule has 4 heterocycles. The zero-order valence-electron chi connectivity index (χ0n) is 14.3. The summed E-state index contributed by atoms with van der Waals surface area (Å²) in [7, 11) is 0. The number of nitrogens with zero attached hydrogens (tertiary/aromatic N) is 3. The highest BCUT2D eigenvalue weighted by Crippen LogP contribution is 2.38. The van der Waals surface area contributed by atoms with E-state index in [9.17, 15) is 4.79 Å². The van der Waals surface area contributed by atoms with Gasteiger partial charge >= 0.3 is 6.03 Å². The Kier molecular flexibility index (Phi) is 4.58. The van der Waals surface area contributed by atoms with E-state index < -0.39 is 0 Å². The van der Waals surface area contributed by atoms with Gasteiger partial charge in [-0.05, 0) is 37.8 Å². The maximum absolute atomic E-state index is 13.0. The first-order valence-corrected chi connectivity index (χ1v) is 9.45. The molecule has 3 saturated heterocycles. The van der Waals surface area contributed by atoms with E-state index in [1.807, 2.05) is 12.1 Å². The third-order valence-electron chi connectivity index (χ3n) is 5.74. The van der Waals surface area contributed by atoms with Gasteiger partial charge in [0, 0.05) is 50.4 Å². The summed E-state index contributed by atoms with van der Waals surface area (Å²) >= 11 is 0. The first-order valence-electron chi connectivity index (χ1n) is 9.45. The topological polar surface area (TPSA) is 45.7 Å². The van der Waals surface area contributed by atoms with Gasteiger partial charge in [-0.2, -0.15) is 0 Å². The number of piperidine rings is 1. The predicted molar refractivity (Wildman–Crippen MR) is 92.0 cm³/mol. The van der Waals surface area contributed by atoms with Gasteiger partial charge in [0.25, 0.3) is 0 Å². The third-order valence-corrected chi connectivity index (χ3v) is 5.74. The number of rotatable bonds is 2. The van der Waals surface area contributed by atoms with Crippen LogP contribution in [0.5, 0.6) is 5.75 Å². The fraction of sp³-hybridized carbons (Fsp3) is 0.684. The molecule has 0 N–H and O–H groups in total. The number of aromatic nitrogens is 1. The van der Waals surface area contributed by atoms with E-state index >= 15 is 0 Å². The molecule has 0 spiro atoms. The summed E-state index contributed by atoms with van der Waals surface area (Å²) in [5, 5.41) is 0. The third kappa shape index (κ3) is 3.21. The summed E-state index contributed by atoms with van der Waals surface area (Å²) in [4.78, 5) is 21.4. The Morgan fingerprint density at radius 1 is 1.00 bits per heavy atom. The highest BCUT2D eigenvalue weighted by Gasteiger charge is 2.45. The van der Waals surface area contributed by atoms with E-state index in [4.69, 9.17) is 4.74 Å². The van der Waals surface area contributed by atoms with Gasteiger partial charge in [-0.1, -0.05) is 12.8 Å². The van der Waals surface area contributed by atoms with E-state index in [1.165, 1.54) is 12.8 Å². The van der Waals surface area contributed by atoms with Crippen LogP contribution < -0.4 is 4.74 Å². The first kappa shape index (κ1) is 15.7. The molecule has 130 valence electrons. The van der Waals surface area contributed by atoms with E-state index in [1.54, 1.807) is 12.4 Å². The van der Waals surface area contributed by atoms with Gasteiger partial charge in [0.2, 0.25) is 0 Å². The van der Waals surface area contributed by atoms with Crippen LogP contribution in [0.3, 0.4) is 0 Å². The van der Waals surface area contributed by atoms with E-state index in [0.29, 0.717) is 12.1 Å². The molecule has 24 heavy (non-hydrogen) atoms. The molecule has 2 atom stereocenters. The van der Waals surface area contributed by atoms with Crippen LogP contribution in [0.2, 0.25) is 0 Å². The lowest BCUT2D eigenvalue weighted by molar-refractivity contribution is 0.0552. The number of carbonyl (C=O) groups excluding carboxylic acids is 1. The SMILES string of the molecule is O=C(N1CCCCCC1)N1C2CCC1CC(Oc1ccncc1)C2. The molecule has 0 radical (unpaired) electrons. The zero-order valence-corrected chi connectivity index (χ0v) is 14.3. The van der Waals surface area contributed by atoms with Gasteiger partial charge in [-0.3, -0.25) is 4.98 Å². The van der Waals surface area contributed by atoms with E-state index in [2.05, 4.69) is 14.8 Å². The lowest BCUT2D eigenvalue weighted by Gasteiger charge is -2.41. The minimum atomic E-state index is 0.220. The van der Waals surface area contributed by atoms with Crippen LogP contribution in [0.1, 0.15) is 51.4 Å². The summed E-state index contributed by atoms with van der Waals surface area (Å²) < 4.78 is 6.14. The number of pyridine rings is 1. The molecular weight excluding hydrogens is 302 g/mol. The lowest BCUT2D eigenvalue weighted by atomic mass is 10.00. The average molecular weight is 329 g/mol. The van der Waals surface area contributed by atoms with Crippen molar-refractivity contribution in [2.45, 2.75) is 69.6 Å². The fourth-order valence-electron chi connectivity index (χ4n) is 4.57. The fourth-order valence-corrected chi connectivity index (χ4v) is 4.57. The zero-order chi connectivity index (χ0) is 16.4. The number of amides is 2. The molecule has 5 nitrogen and oxygen atoms in total. The van der Waals surface area contributed by atoms with Crippen molar-refractivity contribution in [2.24, 2.45) is 0 Å². The minimum absolute atomic E-state index is 0.220. The molecule has 0 aromatic carbocycles. The van der Waals surface area contributed by atoms with Crippen LogP contribution >= 0.6 is 0 Å². The van der Waals surface area contributed by atoms with Gasteiger partial charge < -0.3 is 14.5 Å². The summed E-state index contributed by atoms with van der Waals surface area (Å²) in [6, 6.07) is 4.82. The summed E-state index contributed by atoms with van der Waals surface area (Å²) in [6.07, 6.45) is 12.8. The van der Waals surface area contributed by atoms with Gasteiger partial charge in [0.05, 0.1) is 0 Å². The Hall–Kier alpha value is -1.78. The van der Waals surface area contributed by atoms with Crippen LogP contribution in [0, 0.1) is 0 Å². The summed E-state index contributed by atoms with van der Waals surface area (Å²) in [5.74, 6) is 0.890. The van der Waals surface area contributed by atoms with E-state index in [0.717, 1.165) is 57.4 Å². The largest absolute Gasteiger partial charge is 0.490 e. The second-order valence-corrected chi connectivity index (χ2v) is 7.37. The van der Waals surface area contributed by atoms with Crippen molar-refractivity contribution >= 4 is 6.03 Å². The molecule has 5 heteroatoms. The second kappa shape index (κ2) is 6.99. The van der Waals surface area contributed by atoms with Crippen molar-refractivity contribution in [3.05, 3.63) is 24.5 Å². The highest BCUT2D eigenvalue weighted by molar-refractivity contribution is 5.75. The monoisotopic (exact) mass is 329 g/mol. The van der Waals surface area contributed by atoms with Crippen LogP contribution in [-0.4, -0.2) is 52.1 Å². The number of urea groups is 1. The first-order chi connectivity index (χ1) is 11.8. The van der Waals surface area contributed by atoms with Gasteiger partial charge in [0.15, 0.2) is 0 Å². The Morgan fingerprint density at radius 2 is 1.62 bits per heavy atom. The van der Waals surface area contributed by atoms with Gasteiger partial charge in [0.1, 0.15) is 11.9 Å². The maximum atomic E-state index is 13.0. The second-order valence-electron chi connectivity index (χ2n) is 7.37. The molecule has 4 rings (SSSR count). The number of ether oxygens (including phenoxy) is 1. The normalized spacial score (nSPS) is 30.1. The van der Waals surface area contributed by atoms with Crippen LogP contribution in [-0.2, 0) is 0 Å². The molecule has 2 bridgehead atoms. The Labute approximate surface area is 144 Å². The lowest BCUT2D eigenvalue weighted by Crippen LogP contribution is -2.54. The predicted octanol–water partition coefficient (Wildman–Crippen LogP) is 3.45. The summed E-state index contributed by atoms with van der Waals surface area (Å²) in [6.45, 7) is 1.87. The smallest absolute Gasteiger partial charge is 0.320 e. The number of hydrogen-bond acceptors (Lipinski definition) is 3. The van der Waals surface area contributed by atoms with E-state index in [-0.39, 0.29) is 12.1 Å². The number of likely N-dealkylation sites (tertiary alicyclic amines) is 1. The molecule has 3 aliphatic heterocycles. The van der Waals surface area contributed by atoms with Crippen LogP contribution in [0.4, 0.5) is 4.79 Å². The van der Waals surface area contributed by atoms with Crippen molar-refractivity contribution in [1.82, 2.24) is 14.8 Å². The van der Waals surface area contributed by atoms with Gasteiger partial charge in [-0.25, -0.2) is 4.79 Å². The van der Waals surface area contributed by atoms with Crippen molar-refractivity contribution in [3.8, 4) is 5.75 Å². The summed E-state index contributed by atoms with van der Waals surface area (Å²) in [5.41, 5.74) is 0. The Balaban J connectivity index is 1.40. The van der Waals surface area contributed by atoms with Crippen molar-refractivity contribution < 1.29 is 9.53 Å². The molecule has 2 unspecified atom stereocenters. The Morgan fingerprint density at radius 3 is 2.25 bits per heavy atom. The average Bonchev–Trinajstić information content (AvgIpc) is 2.80. The minimum Gasteiger partial charge on any atom is -0.490 e. The molecule has 1 aromatic rings. The van der Waals surface area contributed by atoms with Crippen molar-refractivity contribution in [3.63, 3.8) is 0 Å². The molecular formula is C19H27N3O2. The molecule has 1 aromatic heterocycles.